The SMILES string of the molecule is C[C@@]12C(=O)N(c3ccc(F)c(Cl)c3)C(=O)[C@@H]1C[C@@H]1C(=CC[C@@H]3C(=O)N(C4CCN(Cc5ccccc5)CC4)C(=O)[C@@H]31)[C@@H]2c1ccccc1OCCO. The number of likely N-dealkylation sites (tertiary alicyclic amines) is 2. The third-order valence-corrected chi connectivity index (χ3v) is 12.5. The zero-order chi connectivity index (χ0) is 36.3. The summed E-state index contributed by atoms with van der Waals surface area (Å²) >= 11 is 6.13. The number of anilines is 1. The summed E-state index contributed by atoms with van der Waals surface area (Å²) in [6, 6.07) is 21.1. The van der Waals surface area contributed by atoms with Crippen LogP contribution < -0.4 is 9.64 Å². The van der Waals surface area contributed by atoms with E-state index in [4.69, 9.17) is 16.3 Å². The van der Waals surface area contributed by atoms with E-state index in [1.165, 1.54) is 22.6 Å². The van der Waals surface area contributed by atoms with Gasteiger partial charge in [0.05, 0.1) is 40.5 Å². The molecule has 4 amide bonds. The van der Waals surface area contributed by atoms with Crippen LogP contribution in [0.1, 0.15) is 49.7 Å². The fourth-order valence-electron chi connectivity index (χ4n) is 9.80. The van der Waals surface area contributed by atoms with Crippen LogP contribution in [-0.2, 0) is 25.7 Å². The van der Waals surface area contributed by atoms with Crippen molar-refractivity contribution in [3.05, 3.63) is 106 Å². The Bertz CT molecular complexity index is 1960. The van der Waals surface area contributed by atoms with E-state index in [9.17, 15) is 28.7 Å². The van der Waals surface area contributed by atoms with Crippen LogP contribution in [0.4, 0.5) is 10.1 Å². The molecular formula is C41H41ClFN3O6. The number of benzene rings is 3. The van der Waals surface area contributed by atoms with Crippen LogP contribution in [0.5, 0.6) is 5.75 Å². The van der Waals surface area contributed by atoms with E-state index >= 15 is 0 Å². The van der Waals surface area contributed by atoms with Gasteiger partial charge in [-0.2, -0.15) is 0 Å². The molecule has 8 rings (SSSR count). The Morgan fingerprint density at radius 1 is 0.923 bits per heavy atom. The number of carbonyl (C=O) groups is 4. The van der Waals surface area contributed by atoms with Crippen molar-refractivity contribution in [1.82, 2.24) is 9.80 Å². The molecule has 1 saturated carbocycles. The summed E-state index contributed by atoms with van der Waals surface area (Å²) in [6.45, 7) is 3.95. The fourth-order valence-corrected chi connectivity index (χ4v) is 9.97. The molecule has 11 heteroatoms. The van der Waals surface area contributed by atoms with E-state index in [0.717, 1.165) is 36.2 Å². The van der Waals surface area contributed by atoms with Gasteiger partial charge < -0.3 is 9.84 Å². The highest BCUT2D eigenvalue weighted by Gasteiger charge is 2.68. The molecule has 0 aromatic heterocycles. The Labute approximate surface area is 307 Å². The monoisotopic (exact) mass is 725 g/mol. The highest BCUT2D eigenvalue weighted by Crippen LogP contribution is 2.64. The quantitative estimate of drug-likeness (QED) is 0.233. The van der Waals surface area contributed by atoms with Gasteiger partial charge in [0, 0.05) is 37.2 Å². The van der Waals surface area contributed by atoms with Crippen molar-refractivity contribution in [2.75, 3.05) is 31.2 Å². The first-order valence-electron chi connectivity index (χ1n) is 18.1. The number of aliphatic hydroxyl groups is 1. The lowest BCUT2D eigenvalue weighted by Gasteiger charge is -2.49. The van der Waals surface area contributed by atoms with E-state index in [0.29, 0.717) is 30.6 Å². The standard InChI is InChI=1S/C41H41ClFN3O6/c1-41-31(38(49)46(40(41)51)26-11-14-33(43)32(42)21-26)22-30-27(36(41)28-9-5-6-10-34(28)52-20-19-47)12-13-29-35(30)39(50)45(37(29)48)25-15-17-44(18-16-25)23-24-7-3-2-4-8-24/h2-12,14,21,25,29-31,35-36,47H,13,15-20,22-23H2,1H3/t29-,30+,31-,35-,36+,41+/m0/s1. The lowest BCUT2D eigenvalue weighted by Crippen LogP contribution is -2.49. The number of para-hydroxylation sites is 1. The van der Waals surface area contributed by atoms with Crippen LogP contribution in [0.3, 0.4) is 0 Å². The van der Waals surface area contributed by atoms with Crippen molar-refractivity contribution in [3.8, 4) is 5.75 Å². The van der Waals surface area contributed by atoms with Crippen LogP contribution in [0.15, 0.2) is 84.4 Å². The van der Waals surface area contributed by atoms with Crippen molar-refractivity contribution in [2.45, 2.75) is 51.1 Å². The lowest BCUT2D eigenvalue weighted by atomic mass is 9.51. The molecule has 3 heterocycles. The summed E-state index contributed by atoms with van der Waals surface area (Å²) in [7, 11) is 0. The van der Waals surface area contributed by atoms with Gasteiger partial charge in [0.15, 0.2) is 0 Å². The second-order valence-corrected chi connectivity index (χ2v) is 15.3. The molecule has 0 bridgehead atoms. The largest absolute Gasteiger partial charge is 0.491 e. The summed E-state index contributed by atoms with van der Waals surface area (Å²) in [4.78, 5) is 63.0. The van der Waals surface area contributed by atoms with Crippen LogP contribution in [0, 0.1) is 34.9 Å². The van der Waals surface area contributed by atoms with Crippen molar-refractivity contribution < 1.29 is 33.4 Å². The molecule has 0 spiro atoms. The zero-order valence-corrected chi connectivity index (χ0v) is 29.7. The third-order valence-electron chi connectivity index (χ3n) is 12.2. The van der Waals surface area contributed by atoms with E-state index < -0.39 is 52.6 Å². The summed E-state index contributed by atoms with van der Waals surface area (Å²) in [5, 5.41) is 9.40. The molecule has 4 fully saturated rings. The minimum atomic E-state index is -1.30. The number of aliphatic hydroxyl groups excluding tert-OH is 1. The Morgan fingerprint density at radius 2 is 1.65 bits per heavy atom. The Hall–Kier alpha value is -4.38. The van der Waals surface area contributed by atoms with Crippen LogP contribution in [0.2, 0.25) is 5.02 Å². The number of carbonyl (C=O) groups excluding carboxylic acids is 4. The number of ether oxygens (including phenoxy) is 1. The third kappa shape index (κ3) is 5.49. The predicted molar refractivity (Wildman–Crippen MR) is 192 cm³/mol. The average molecular weight is 726 g/mol. The molecule has 0 radical (unpaired) electrons. The van der Waals surface area contributed by atoms with Gasteiger partial charge in [-0.15, -0.1) is 0 Å². The number of amides is 4. The first-order chi connectivity index (χ1) is 25.1. The van der Waals surface area contributed by atoms with Gasteiger partial charge in [0.25, 0.3) is 0 Å². The fraction of sp³-hybridized carbons (Fsp3) is 0.415. The van der Waals surface area contributed by atoms with Gasteiger partial charge in [-0.3, -0.25) is 29.0 Å². The Kier molecular flexibility index (Phi) is 9.04. The number of allylic oxidation sites excluding steroid dienone is 2. The molecule has 3 aromatic rings. The molecule has 3 aromatic carbocycles. The summed E-state index contributed by atoms with van der Waals surface area (Å²) < 4.78 is 20.2. The number of nitrogens with zero attached hydrogens (tertiary/aromatic N) is 3. The average Bonchev–Trinajstić information content (AvgIpc) is 3.52. The van der Waals surface area contributed by atoms with E-state index in [2.05, 4.69) is 17.0 Å². The summed E-state index contributed by atoms with van der Waals surface area (Å²) in [5.74, 6) is -4.66. The molecule has 2 aliphatic carbocycles. The van der Waals surface area contributed by atoms with Crippen LogP contribution >= 0.6 is 11.6 Å². The van der Waals surface area contributed by atoms with Crippen molar-refractivity contribution in [2.24, 2.45) is 29.1 Å². The van der Waals surface area contributed by atoms with Crippen LogP contribution in [-0.4, -0.2) is 70.9 Å². The number of imide groups is 2. The first-order valence-corrected chi connectivity index (χ1v) is 18.5. The van der Waals surface area contributed by atoms with E-state index in [-0.39, 0.29) is 48.2 Å². The van der Waals surface area contributed by atoms with Crippen LogP contribution in [0.25, 0.3) is 0 Å². The number of hydrogen-bond acceptors (Lipinski definition) is 7. The molecule has 5 aliphatic rings. The van der Waals surface area contributed by atoms with Gasteiger partial charge in [-0.25, -0.2) is 9.29 Å². The molecule has 3 saturated heterocycles. The van der Waals surface area contributed by atoms with Gasteiger partial charge in [0.2, 0.25) is 23.6 Å². The van der Waals surface area contributed by atoms with E-state index in [1.54, 1.807) is 19.1 Å². The zero-order valence-electron chi connectivity index (χ0n) is 28.9. The number of fused-ring (bicyclic) bond motifs is 4. The maximum atomic E-state index is 14.7. The Morgan fingerprint density at radius 3 is 2.38 bits per heavy atom. The maximum absolute atomic E-state index is 14.7. The topological polar surface area (TPSA) is 107 Å². The highest BCUT2D eigenvalue weighted by molar-refractivity contribution is 6.31. The van der Waals surface area contributed by atoms with Crippen molar-refractivity contribution in [3.63, 3.8) is 0 Å². The van der Waals surface area contributed by atoms with Gasteiger partial charge in [-0.05, 0) is 68.4 Å². The Balaban J connectivity index is 1.14. The number of halogens is 2. The minimum absolute atomic E-state index is 0.0241. The normalized spacial score (nSPS) is 29.2. The molecule has 9 nitrogen and oxygen atoms in total. The number of rotatable bonds is 8. The summed E-state index contributed by atoms with van der Waals surface area (Å²) in [6.07, 6.45) is 3.96. The lowest BCUT2D eigenvalue weighted by molar-refractivity contribution is -0.144. The second kappa shape index (κ2) is 13.5. The van der Waals surface area contributed by atoms with Gasteiger partial charge in [0.1, 0.15) is 18.2 Å². The number of piperidine rings is 1. The minimum Gasteiger partial charge on any atom is -0.491 e. The highest BCUT2D eigenvalue weighted by atomic mass is 35.5. The first kappa shape index (κ1) is 34.7. The molecule has 52 heavy (non-hydrogen) atoms. The molecule has 270 valence electrons. The van der Waals surface area contributed by atoms with E-state index in [1.807, 2.05) is 36.4 Å². The second-order valence-electron chi connectivity index (χ2n) is 14.9. The van der Waals surface area contributed by atoms with Crippen molar-refractivity contribution in [1.29, 1.82) is 0 Å². The molecule has 0 unspecified atom stereocenters. The molecule has 3 aliphatic heterocycles. The predicted octanol–water partition coefficient (Wildman–Crippen LogP) is 5.75. The van der Waals surface area contributed by atoms with Gasteiger partial charge >= 0.3 is 0 Å². The van der Waals surface area contributed by atoms with Gasteiger partial charge in [-0.1, -0.05) is 71.8 Å². The smallest absolute Gasteiger partial charge is 0.241 e. The molecule has 6 atom stereocenters. The molecular weight excluding hydrogens is 685 g/mol. The van der Waals surface area contributed by atoms with Crippen molar-refractivity contribution >= 4 is 40.9 Å². The summed E-state index contributed by atoms with van der Waals surface area (Å²) in [5.41, 5.74) is 1.61. The maximum Gasteiger partial charge on any atom is 0.241 e. The molecule has 1 N–H and O–H groups in total. The number of hydrogen-bond donors (Lipinski definition) is 1.